The summed E-state index contributed by atoms with van der Waals surface area (Å²) in [6.45, 7) is 0.164. The number of aliphatic carboxylic acids is 1. The molecule has 2 atom stereocenters. The summed E-state index contributed by atoms with van der Waals surface area (Å²) in [7, 11) is 1.25. The first-order valence-corrected chi connectivity index (χ1v) is 9.90. The van der Waals surface area contributed by atoms with Gasteiger partial charge in [-0.15, -0.1) is 11.6 Å². The van der Waals surface area contributed by atoms with Crippen molar-refractivity contribution >= 4 is 35.1 Å². The van der Waals surface area contributed by atoms with Crippen molar-refractivity contribution in [1.82, 2.24) is 4.90 Å². The van der Waals surface area contributed by atoms with E-state index >= 15 is 0 Å². The first-order valence-electron chi connectivity index (χ1n) is 9.36. The van der Waals surface area contributed by atoms with Crippen molar-refractivity contribution in [2.45, 2.75) is 18.4 Å². The molecular weight excluding hydrogens is 428 g/mol. The van der Waals surface area contributed by atoms with Crippen molar-refractivity contribution in [2.24, 2.45) is 0 Å². The molecule has 0 saturated heterocycles. The summed E-state index contributed by atoms with van der Waals surface area (Å²) < 4.78 is 4.68. The van der Waals surface area contributed by atoms with Crippen LogP contribution in [-0.2, 0) is 9.53 Å². The Morgan fingerprint density at radius 1 is 1.23 bits per heavy atom. The van der Waals surface area contributed by atoms with E-state index in [0.29, 0.717) is 12.0 Å². The van der Waals surface area contributed by atoms with Crippen molar-refractivity contribution < 1.29 is 29.2 Å². The quantitative estimate of drug-likeness (QED) is 0.299. The van der Waals surface area contributed by atoms with Crippen LogP contribution in [0.1, 0.15) is 50.2 Å². The molecule has 1 aliphatic heterocycles. The zero-order valence-electron chi connectivity index (χ0n) is 16.5. The van der Waals surface area contributed by atoms with Crippen LogP contribution < -0.4 is 0 Å². The Balaban J connectivity index is 2.16. The molecule has 0 spiro atoms. The number of halogens is 1. The smallest absolute Gasteiger partial charge is 0.337 e. The lowest BCUT2D eigenvalue weighted by Gasteiger charge is -2.40. The SMILES string of the molecule is COC(=O)c1ccc([C@@H]2[C@@H](C(=O)O)c3ccc([N+](=O)[O-])cc3C(=O)N2CCCCl)cc1. The molecule has 1 N–H and O–H groups in total. The molecule has 2 aromatic carbocycles. The molecule has 1 heterocycles. The van der Waals surface area contributed by atoms with E-state index in [4.69, 9.17) is 11.6 Å². The lowest BCUT2D eigenvalue weighted by atomic mass is 9.79. The first-order chi connectivity index (χ1) is 14.8. The second-order valence-electron chi connectivity index (χ2n) is 6.94. The number of nitro groups is 1. The fraction of sp³-hybridized carbons (Fsp3) is 0.286. The van der Waals surface area contributed by atoms with Crippen LogP contribution >= 0.6 is 11.6 Å². The van der Waals surface area contributed by atoms with E-state index in [-0.39, 0.29) is 34.8 Å². The van der Waals surface area contributed by atoms with E-state index in [2.05, 4.69) is 4.74 Å². The van der Waals surface area contributed by atoms with Crippen LogP contribution in [0, 0.1) is 10.1 Å². The molecular formula is C21H19ClN2O7. The number of methoxy groups -OCH3 is 1. The zero-order valence-corrected chi connectivity index (χ0v) is 17.2. The maximum absolute atomic E-state index is 13.3. The lowest BCUT2D eigenvalue weighted by Crippen LogP contribution is -2.45. The second-order valence-corrected chi connectivity index (χ2v) is 7.32. The highest BCUT2D eigenvalue weighted by Gasteiger charge is 2.44. The highest BCUT2D eigenvalue weighted by molar-refractivity contribution is 6.17. The van der Waals surface area contributed by atoms with Crippen LogP contribution in [0.4, 0.5) is 5.69 Å². The summed E-state index contributed by atoms with van der Waals surface area (Å²) in [6, 6.07) is 8.87. The molecule has 10 heteroatoms. The standard InChI is InChI=1S/C21H19ClN2O7/c1-31-21(28)13-5-3-12(4-6-13)18-17(20(26)27)15-8-7-14(24(29)30)11-16(15)19(25)23(18)10-2-9-22/h3-8,11,17-18H,2,9-10H2,1H3,(H,26,27)/t17-,18+/m0/s1. The minimum atomic E-state index is -1.18. The predicted octanol–water partition coefficient (Wildman–Crippen LogP) is 3.38. The molecule has 3 rings (SSSR count). The monoisotopic (exact) mass is 446 g/mol. The van der Waals surface area contributed by atoms with Gasteiger partial charge in [0.05, 0.1) is 29.2 Å². The molecule has 0 bridgehead atoms. The van der Waals surface area contributed by atoms with E-state index in [9.17, 15) is 29.6 Å². The topological polar surface area (TPSA) is 127 Å². The number of carbonyl (C=O) groups excluding carboxylic acids is 2. The van der Waals surface area contributed by atoms with Crippen LogP contribution in [0.2, 0.25) is 0 Å². The fourth-order valence-corrected chi connectivity index (χ4v) is 3.91. The number of non-ortho nitro benzene ring substituents is 1. The Hall–Kier alpha value is -3.46. The van der Waals surface area contributed by atoms with Crippen molar-refractivity contribution in [1.29, 1.82) is 0 Å². The number of hydrogen-bond donors (Lipinski definition) is 1. The van der Waals surface area contributed by atoms with E-state index in [1.165, 1.54) is 36.3 Å². The molecule has 2 aromatic rings. The molecule has 162 valence electrons. The number of amides is 1. The van der Waals surface area contributed by atoms with Gasteiger partial charge in [0.15, 0.2) is 0 Å². The molecule has 1 amide bonds. The third-order valence-electron chi connectivity index (χ3n) is 5.20. The van der Waals surface area contributed by atoms with Crippen molar-refractivity contribution in [3.8, 4) is 0 Å². The van der Waals surface area contributed by atoms with Crippen molar-refractivity contribution in [2.75, 3.05) is 19.5 Å². The largest absolute Gasteiger partial charge is 0.481 e. The van der Waals surface area contributed by atoms with Gasteiger partial charge in [0.1, 0.15) is 5.92 Å². The van der Waals surface area contributed by atoms with E-state index in [0.717, 1.165) is 6.07 Å². The zero-order chi connectivity index (χ0) is 22.7. The number of fused-ring (bicyclic) bond motifs is 1. The van der Waals surface area contributed by atoms with E-state index in [1.807, 2.05) is 0 Å². The van der Waals surface area contributed by atoms with Crippen molar-refractivity contribution in [3.05, 3.63) is 74.8 Å². The Kier molecular flexibility index (Phi) is 6.55. The number of nitro benzene ring substituents is 1. The molecule has 0 radical (unpaired) electrons. The second kappa shape index (κ2) is 9.13. The van der Waals surface area contributed by atoms with E-state index < -0.39 is 34.7 Å². The lowest BCUT2D eigenvalue weighted by molar-refractivity contribution is -0.384. The highest BCUT2D eigenvalue weighted by Crippen LogP contribution is 2.43. The Labute approximate surface area is 182 Å². The van der Waals surface area contributed by atoms with Gasteiger partial charge in [-0.2, -0.15) is 0 Å². The third kappa shape index (κ3) is 4.22. The summed E-state index contributed by atoms with van der Waals surface area (Å²) in [5.74, 6) is -3.15. The van der Waals surface area contributed by atoms with Gasteiger partial charge in [0.2, 0.25) is 0 Å². The van der Waals surface area contributed by atoms with Gasteiger partial charge in [-0.25, -0.2) is 4.79 Å². The molecule has 0 unspecified atom stereocenters. The summed E-state index contributed by atoms with van der Waals surface area (Å²) in [4.78, 5) is 49.2. The highest BCUT2D eigenvalue weighted by atomic mass is 35.5. The number of carbonyl (C=O) groups is 3. The van der Waals surface area contributed by atoms with Gasteiger partial charge in [0.25, 0.3) is 11.6 Å². The third-order valence-corrected chi connectivity index (χ3v) is 5.46. The first kappa shape index (κ1) is 22.2. The van der Waals surface area contributed by atoms with Gasteiger partial charge >= 0.3 is 11.9 Å². The molecule has 0 aromatic heterocycles. The Morgan fingerprint density at radius 3 is 2.45 bits per heavy atom. The van der Waals surface area contributed by atoms with Crippen LogP contribution in [0.15, 0.2) is 42.5 Å². The molecule has 0 saturated carbocycles. The molecule has 0 aliphatic carbocycles. The van der Waals surface area contributed by atoms with E-state index in [1.54, 1.807) is 12.1 Å². The summed E-state index contributed by atoms with van der Waals surface area (Å²) >= 11 is 5.80. The minimum Gasteiger partial charge on any atom is -0.481 e. The maximum atomic E-state index is 13.3. The average molecular weight is 447 g/mol. The van der Waals surface area contributed by atoms with Gasteiger partial charge < -0.3 is 14.7 Å². The minimum absolute atomic E-state index is 0.0152. The number of nitrogens with zero attached hydrogens (tertiary/aromatic N) is 2. The van der Waals surface area contributed by atoms with Crippen LogP contribution in [-0.4, -0.2) is 52.3 Å². The number of hydrogen-bond acceptors (Lipinski definition) is 6. The summed E-state index contributed by atoms with van der Waals surface area (Å²) in [6.07, 6.45) is 0.403. The molecule has 1 aliphatic rings. The van der Waals surface area contributed by atoms with Crippen molar-refractivity contribution in [3.63, 3.8) is 0 Å². The number of carboxylic acid groups (broad SMARTS) is 1. The normalized spacial score (nSPS) is 17.7. The number of rotatable bonds is 7. The number of esters is 1. The molecule has 31 heavy (non-hydrogen) atoms. The van der Waals surface area contributed by atoms with Gasteiger partial charge in [0, 0.05) is 24.6 Å². The maximum Gasteiger partial charge on any atom is 0.337 e. The number of carboxylic acids is 1. The molecule has 0 fully saturated rings. The summed E-state index contributed by atoms with van der Waals surface area (Å²) in [5.41, 5.74) is 0.677. The number of benzene rings is 2. The van der Waals surface area contributed by atoms with Gasteiger partial charge in [-0.3, -0.25) is 19.7 Å². The van der Waals surface area contributed by atoms with Gasteiger partial charge in [-0.05, 0) is 29.7 Å². The Bertz CT molecular complexity index is 1040. The fourth-order valence-electron chi connectivity index (χ4n) is 3.79. The average Bonchev–Trinajstić information content (AvgIpc) is 2.77. The van der Waals surface area contributed by atoms with Crippen LogP contribution in [0.3, 0.4) is 0 Å². The number of ether oxygens (including phenoxy) is 1. The van der Waals surface area contributed by atoms with Gasteiger partial charge in [-0.1, -0.05) is 18.2 Å². The predicted molar refractivity (Wildman–Crippen MR) is 110 cm³/mol. The molecule has 9 nitrogen and oxygen atoms in total. The summed E-state index contributed by atoms with van der Waals surface area (Å²) in [5, 5.41) is 21.2. The Morgan fingerprint density at radius 2 is 1.90 bits per heavy atom. The number of alkyl halides is 1. The van der Waals surface area contributed by atoms with Crippen LogP contribution in [0.25, 0.3) is 0 Å². The van der Waals surface area contributed by atoms with Crippen LogP contribution in [0.5, 0.6) is 0 Å².